The van der Waals surface area contributed by atoms with Crippen molar-refractivity contribution in [1.29, 1.82) is 0 Å². The van der Waals surface area contributed by atoms with Gasteiger partial charge >= 0.3 is 0 Å². The predicted molar refractivity (Wildman–Crippen MR) is 101 cm³/mol. The Morgan fingerprint density at radius 2 is 2.00 bits per heavy atom. The number of hydrogen-bond donors (Lipinski definition) is 2. The van der Waals surface area contributed by atoms with Gasteiger partial charge in [0.05, 0.1) is 17.7 Å². The fourth-order valence-electron chi connectivity index (χ4n) is 2.46. The zero-order valence-electron chi connectivity index (χ0n) is 14.2. The third kappa shape index (κ3) is 3.85. The van der Waals surface area contributed by atoms with Crippen LogP contribution in [0.4, 0.5) is 5.69 Å². The van der Waals surface area contributed by atoms with Gasteiger partial charge in [0.25, 0.3) is 5.91 Å². The Morgan fingerprint density at radius 1 is 1.20 bits per heavy atom. The summed E-state index contributed by atoms with van der Waals surface area (Å²) in [7, 11) is 1.48. The van der Waals surface area contributed by atoms with E-state index < -0.39 is 0 Å². The second-order valence-corrected chi connectivity index (χ2v) is 6.73. The van der Waals surface area contributed by atoms with Gasteiger partial charge < -0.3 is 15.2 Å². The highest BCUT2D eigenvalue weighted by Gasteiger charge is 2.24. The number of carbonyl (C=O) groups excluding carboxylic acids is 1. The summed E-state index contributed by atoms with van der Waals surface area (Å²) < 4.78 is 5.09. The number of phenols is 1. The fourth-order valence-corrected chi connectivity index (χ4v) is 3.29. The first kappa shape index (κ1) is 17.1. The molecule has 2 N–H and O–H groups in total. The monoisotopic (exact) mass is 354 g/mol. The van der Waals surface area contributed by atoms with E-state index >= 15 is 0 Å². The number of methoxy groups -OCH3 is 1. The van der Waals surface area contributed by atoms with Gasteiger partial charge in [-0.25, -0.2) is 4.99 Å². The van der Waals surface area contributed by atoms with Crippen LogP contribution in [-0.4, -0.2) is 23.3 Å². The van der Waals surface area contributed by atoms with E-state index in [1.807, 2.05) is 26.0 Å². The first-order valence-electron chi connectivity index (χ1n) is 7.70. The van der Waals surface area contributed by atoms with Gasteiger partial charge in [0.1, 0.15) is 0 Å². The van der Waals surface area contributed by atoms with E-state index in [2.05, 4.69) is 16.4 Å². The molecule has 1 saturated heterocycles. The lowest BCUT2D eigenvalue weighted by molar-refractivity contribution is -0.115. The molecule has 0 aromatic heterocycles. The van der Waals surface area contributed by atoms with E-state index in [-0.39, 0.29) is 11.7 Å². The quantitative estimate of drug-likeness (QED) is 0.820. The van der Waals surface area contributed by atoms with Crippen molar-refractivity contribution < 1.29 is 14.6 Å². The van der Waals surface area contributed by atoms with Crippen molar-refractivity contribution in [3.63, 3.8) is 0 Å². The van der Waals surface area contributed by atoms with Gasteiger partial charge in [-0.3, -0.25) is 4.79 Å². The molecule has 0 spiro atoms. The topological polar surface area (TPSA) is 70.9 Å². The van der Waals surface area contributed by atoms with Crippen molar-refractivity contribution in [3.8, 4) is 11.5 Å². The number of amides is 1. The first-order valence-corrected chi connectivity index (χ1v) is 8.52. The maximum atomic E-state index is 12.2. The molecular weight excluding hydrogens is 336 g/mol. The third-order valence-electron chi connectivity index (χ3n) is 3.73. The molecule has 1 amide bonds. The van der Waals surface area contributed by atoms with Crippen LogP contribution in [0.5, 0.6) is 11.5 Å². The number of thioether (sulfide) groups is 1. The van der Waals surface area contributed by atoms with Crippen molar-refractivity contribution >= 4 is 34.6 Å². The van der Waals surface area contributed by atoms with Crippen LogP contribution < -0.4 is 10.1 Å². The second-order valence-electron chi connectivity index (χ2n) is 5.70. The number of benzene rings is 2. The average molecular weight is 354 g/mol. The molecule has 6 heteroatoms. The zero-order valence-corrected chi connectivity index (χ0v) is 15.0. The van der Waals surface area contributed by atoms with E-state index in [0.29, 0.717) is 15.8 Å². The number of aliphatic imine (C=N–C) groups is 1. The number of ether oxygens (including phenoxy) is 1. The van der Waals surface area contributed by atoms with Gasteiger partial charge in [-0.2, -0.15) is 0 Å². The first-order chi connectivity index (χ1) is 12.0. The van der Waals surface area contributed by atoms with Crippen LogP contribution in [0.15, 0.2) is 46.3 Å². The average Bonchev–Trinajstić information content (AvgIpc) is 2.91. The van der Waals surface area contributed by atoms with Gasteiger partial charge in [-0.15, -0.1) is 0 Å². The van der Waals surface area contributed by atoms with E-state index in [4.69, 9.17) is 4.74 Å². The number of rotatable bonds is 3. The van der Waals surface area contributed by atoms with E-state index in [1.165, 1.54) is 30.5 Å². The number of nitrogens with one attached hydrogen (secondary N) is 1. The number of hydrogen-bond acceptors (Lipinski definition) is 5. The van der Waals surface area contributed by atoms with Gasteiger partial charge in [-0.05, 0) is 61.0 Å². The summed E-state index contributed by atoms with van der Waals surface area (Å²) in [5.74, 6) is 0.229. The molecule has 0 unspecified atom stereocenters. The molecule has 25 heavy (non-hydrogen) atoms. The lowest BCUT2D eigenvalue weighted by Crippen LogP contribution is -2.19. The fraction of sp³-hybridized carbons (Fsp3) is 0.158. The largest absolute Gasteiger partial charge is 0.504 e. The summed E-state index contributed by atoms with van der Waals surface area (Å²) in [5.41, 5.74) is 3.83. The molecule has 5 nitrogen and oxygen atoms in total. The Hall–Kier alpha value is -2.73. The molecular formula is C19H18N2O3S. The lowest BCUT2D eigenvalue weighted by Gasteiger charge is -2.04. The maximum absolute atomic E-state index is 12.2. The van der Waals surface area contributed by atoms with Crippen LogP contribution in [0.2, 0.25) is 0 Å². The molecule has 1 fully saturated rings. The molecule has 1 heterocycles. The summed E-state index contributed by atoms with van der Waals surface area (Å²) in [5, 5.41) is 13.0. The van der Waals surface area contributed by atoms with Gasteiger partial charge in [0.15, 0.2) is 16.7 Å². The Kier molecular flexibility index (Phi) is 4.81. The number of phenolic OH excluding ortho intramolecular Hbond substituents is 1. The Morgan fingerprint density at radius 3 is 2.72 bits per heavy atom. The van der Waals surface area contributed by atoms with Crippen LogP contribution >= 0.6 is 11.8 Å². The summed E-state index contributed by atoms with van der Waals surface area (Å²) in [6, 6.07) is 10.9. The number of aryl methyl sites for hydroxylation is 2. The Bertz CT molecular complexity index is 904. The minimum Gasteiger partial charge on any atom is -0.504 e. The van der Waals surface area contributed by atoms with Crippen LogP contribution in [0.3, 0.4) is 0 Å². The van der Waals surface area contributed by atoms with Crippen LogP contribution in [0, 0.1) is 13.8 Å². The van der Waals surface area contributed by atoms with Crippen molar-refractivity contribution in [3.05, 3.63) is 58.0 Å². The normalized spacial score (nSPS) is 17.2. The molecule has 0 radical (unpaired) electrons. The Balaban J connectivity index is 1.86. The SMILES string of the molecule is COc1cc(C=C2SC(=Nc3ccc(C)cc3C)NC2=O)ccc1O. The summed E-state index contributed by atoms with van der Waals surface area (Å²) in [6.07, 6.45) is 1.74. The van der Waals surface area contributed by atoms with Crippen LogP contribution in [-0.2, 0) is 4.79 Å². The lowest BCUT2D eigenvalue weighted by atomic mass is 10.1. The van der Waals surface area contributed by atoms with Gasteiger partial charge in [0, 0.05) is 0 Å². The maximum Gasteiger partial charge on any atom is 0.264 e. The highest BCUT2D eigenvalue weighted by Crippen LogP contribution is 2.32. The van der Waals surface area contributed by atoms with Crippen molar-refractivity contribution in [1.82, 2.24) is 5.32 Å². The van der Waals surface area contributed by atoms with Crippen molar-refractivity contribution in [2.24, 2.45) is 4.99 Å². The van der Waals surface area contributed by atoms with E-state index in [1.54, 1.807) is 18.2 Å². The highest BCUT2D eigenvalue weighted by molar-refractivity contribution is 8.18. The molecule has 128 valence electrons. The molecule has 2 aromatic rings. The molecule has 0 aliphatic carbocycles. The molecule has 1 aliphatic heterocycles. The van der Waals surface area contributed by atoms with E-state index in [9.17, 15) is 9.90 Å². The highest BCUT2D eigenvalue weighted by atomic mass is 32.2. The number of aromatic hydroxyl groups is 1. The molecule has 0 atom stereocenters. The summed E-state index contributed by atoms with van der Waals surface area (Å²) >= 11 is 1.29. The molecule has 3 rings (SSSR count). The van der Waals surface area contributed by atoms with Crippen molar-refractivity contribution in [2.45, 2.75) is 13.8 Å². The van der Waals surface area contributed by atoms with Crippen molar-refractivity contribution in [2.75, 3.05) is 7.11 Å². The molecule has 1 aliphatic rings. The predicted octanol–water partition coefficient (Wildman–Crippen LogP) is 3.91. The van der Waals surface area contributed by atoms with E-state index in [0.717, 1.165) is 16.8 Å². The molecule has 0 bridgehead atoms. The minimum atomic E-state index is -0.194. The van der Waals surface area contributed by atoms with Crippen LogP contribution in [0.25, 0.3) is 6.08 Å². The zero-order chi connectivity index (χ0) is 18.0. The Labute approximate surface area is 150 Å². The smallest absolute Gasteiger partial charge is 0.264 e. The van der Waals surface area contributed by atoms with Crippen LogP contribution in [0.1, 0.15) is 16.7 Å². The van der Waals surface area contributed by atoms with Gasteiger partial charge in [-0.1, -0.05) is 23.8 Å². The number of amidine groups is 1. The number of nitrogens with zero attached hydrogens (tertiary/aromatic N) is 1. The van der Waals surface area contributed by atoms with Gasteiger partial charge in [0.2, 0.25) is 0 Å². The third-order valence-corrected chi connectivity index (χ3v) is 4.64. The molecule has 2 aromatic carbocycles. The molecule has 0 saturated carbocycles. The number of carbonyl (C=O) groups is 1. The summed E-state index contributed by atoms with van der Waals surface area (Å²) in [6.45, 7) is 4.02. The summed E-state index contributed by atoms with van der Waals surface area (Å²) in [4.78, 5) is 17.2. The standard InChI is InChI=1S/C19H18N2O3S/c1-11-4-6-14(12(2)8-11)20-19-21-18(23)17(25-19)10-13-5-7-15(22)16(9-13)24-3/h4-10,22H,1-3H3,(H,20,21,23). The minimum absolute atomic E-state index is 0.0604. The second kappa shape index (κ2) is 7.03.